The Kier molecular flexibility index (Phi) is 6.23. The summed E-state index contributed by atoms with van der Waals surface area (Å²) < 4.78 is 32.1. The number of halogens is 2. The van der Waals surface area contributed by atoms with Crippen molar-refractivity contribution in [1.29, 1.82) is 0 Å². The van der Waals surface area contributed by atoms with E-state index in [0.29, 0.717) is 5.56 Å². The fourth-order valence-electron chi connectivity index (χ4n) is 2.23. The fourth-order valence-corrected chi connectivity index (χ4v) is 2.23. The first kappa shape index (κ1) is 17.8. The van der Waals surface area contributed by atoms with Crippen molar-refractivity contribution in [3.05, 3.63) is 53.7 Å². The van der Waals surface area contributed by atoms with E-state index in [1.165, 1.54) is 12.3 Å². The molecule has 6 heteroatoms. The number of hydrogen-bond donors (Lipinski definition) is 1. The highest BCUT2D eigenvalue weighted by atomic mass is 19.1. The molecule has 128 valence electrons. The molecule has 1 aromatic heterocycles. The molecule has 2 rings (SSSR count). The third-order valence-electron chi connectivity index (χ3n) is 3.57. The average molecular weight is 334 g/mol. The second kappa shape index (κ2) is 8.38. The number of amides is 1. The van der Waals surface area contributed by atoms with Crippen LogP contribution in [0.1, 0.15) is 32.3 Å². The average Bonchev–Trinajstić information content (AvgIpc) is 2.56. The van der Waals surface area contributed by atoms with E-state index in [-0.39, 0.29) is 30.0 Å². The molecule has 0 bridgehead atoms. The van der Waals surface area contributed by atoms with Crippen LogP contribution in [-0.2, 0) is 11.3 Å². The van der Waals surface area contributed by atoms with Gasteiger partial charge < -0.3 is 10.1 Å². The third-order valence-corrected chi connectivity index (χ3v) is 3.57. The second-order valence-electron chi connectivity index (χ2n) is 5.55. The molecular weight excluding hydrogens is 314 g/mol. The number of pyridine rings is 1. The van der Waals surface area contributed by atoms with Crippen molar-refractivity contribution in [2.45, 2.75) is 33.2 Å². The largest absolute Gasteiger partial charge is 0.436 e. The minimum Gasteiger partial charge on any atom is -0.436 e. The van der Waals surface area contributed by atoms with Gasteiger partial charge in [0.05, 0.1) is 0 Å². The Morgan fingerprint density at radius 2 is 2.12 bits per heavy atom. The summed E-state index contributed by atoms with van der Waals surface area (Å²) in [7, 11) is 0. The van der Waals surface area contributed by atoms with Crippen molar-refractivity contribution < 1.29 is 18.3 Å². The molecule has 0 spiro atoms. The molecule has 1 N–H and O–H groups in total. The third kappa shape index (κ3) is 4.75. The molecule has 4 nitrogen and oxygen atoms in total. The Hall–Kier alpha value is -2.50. The minimum absolute atomic E-state index is 0.0559. The van der Waals surface area contributed by atoms with Crippen LogP contribution in [0.4, 0.5) is 8.78 Å². The number of nitrogens with one attached hydrogen (secondary N) is 1. The summed E-state index contributed by atoms with van der Waals surface area (Å²) >= 11 is 0. The molecule has 0 saturated carbocycles. The zero-order valence-corrected chi connectivity index (χ0v) is 13.7. The highest BCUT2D eigenvalue weighted by molar-refractivity contribution is 5.78. The van der Waals surface area contributed by atoms with Gasteiger partial charge in [-0.3, -0.25) is 4.79 Å². The fraction of sp³-hybridized carbons (Fsp3) is 0.333. The molecule has 2 aromatic rings. The first-order chi connectivity index (χ1) is 11.5. The lowest BCUT2D eigenvalue weighted by Gasteiger charge is -2.13. The number of nitrogens with zero attached hydrogens (tertiary/aromatic N) is 1. The number of carbonyl (C=O) groups is 1. The standard InChI is InChI=1S/C18H20F2N2O2/c1-3-5-12(2)17(23)22-11-13-6-4-9-21-18(13)24-16-8-7-14(19)10-15(16)20/h4,6-10,12H,3,5,11H2,1-2H3,(H,22,23). The highest BCUT2D eigenvalue weighted by Gasteiger charge is 2.14. The Bertz CT molecular complexity index is 707. The predicted molar refractivity (Wildman–Crippen MR) is 86.6 cm³/mol. The summed E-state index contributed by atoms with van der Waals surface area (Å²) in [5.41, 5.74) is 0.610. The van der Waals surface area contributed by atoms with E-state index < -0.39 is 11.6 Å². The maximum atomic E-state index is 13.7. The SMILES string of the molecule is CCCC(C)C(=O)NCc1cccnc1Oc1ccc(F)cc1F. The van der Waals surface area contributed by atoms with Crippen LogP contribution in [-0.4, -0.2) is 10.9 Å². The van der Waals surface area contributed by atoms with Gasteiger partial charge in [-0.05, 0) is 24.6 Å². The lowest BCUT2D eigenvalue weighted by atomic mass is 10.1. The molecule has 0 aliphatic rings. The Morgan fingerprint density at radius 3 is 2.83 bits per heavy atom. The summed E-state index contributed by atoms with van der Waals surface area (Å²) in [6.45, 7) is 4.11. The zero-order valence-electron chi connectivity index (χ0n) is 13.7. The van der Waals surface area contributed by atoms with E-state index in [1.807, 2.05) is 13.8 Å². The topological polar surface area (TPSA) is 51.2 Å². The highest BCUT2D eigenvalue weighted by Crippen LogP contribution is 2.26. The molecule has 0 fully saturated rings. The van der Waals surface area contributed by atoms with Gasteiger partial charge in [0.25, 0.3) is 0 Å². The normalized spacial score (nSPS) is 11.8. The van der Waals surface area contributed by atoms with Gasteiger partial charge in [-0.2, -0.15) is 0 Å². The molecule has 0 saturated heterocycles. The summed E-state index contributed by atoms with van der Waals surface area (Å²) in [4.78, 5) is 16.1. The Labute approximate surface area is 139 Å². The van der Waals surface area contributed by atoms with Crippen LogP contribution < -0.4 is 10.1 Å². The molecule has 0 radical (unpaired) electrons. The summed E-state index contributed by atoms with van der Waals surface area (Å²) in [6, 6.07) is 6.48. The van der Waals surface area contributed by atoms with Gasteiger partial charge in [0.15, 0.2) is 11.6 Å². The van der Waals surface area contributed by atoms with Crippen molar-refractivity contribution in [1.82, 2.24) is 10.3 Å². The van der Waals surface area contributed by atoms with Gasteiger partial charge in [0.2, 0.25) is 11.8 Å². The van der Waals surface area contributed by atoms with E-state index in [9.17, 15) is 13.6 Å². The van der Waals surface area contributed by atoms with Gasteiger partial charge in [-0.25, -0.2) is 13.8 Å². The zero-order chi connectivity index (χ0) is 17.5. The van der Waals surface area contributed by atoms with Crippen LogP contribution in [0.3, 0.4) is 0 Å². The van der Waals surface area contributed by atoms with Crippen molar-refractivity contribution in [3.8, 4) is 11.6 Å². The van der Waals surface area contributed by atoms with Gasteiger partial charge in [-0.15, -0.1) is 0 Å². The van der Waals surface area contributed by atoms with Crippen LogP contribution in [0.2, 0.25) is 0 Å². The molecular formula is C18H20F2N2O2. The van der Waals surface area contributed by atoms with Gasteiger partial charge in [0.1, 0.15) is 5.82 Å². The lowest BCUT2D eigenvalue weighted by Crippen LogP contribution is -2.28. The van der Waals surface area contributed by atoms with E-state index in [2.05, 4.69) is 10.3 Å². The minimum atomic E-state index is -0.813. The van der Waals surface area contributed by atoms with Crippen LogP contribution in [0.15, 0.2) is 36.5 Å². The van der Waals surface area contributed by atoms with Gasteiger partial charge in [-0.1, -0.05) is 26.3 Å². The van der Waals surface area contributed by atoms with Gasteiger partial charge >= 0.3 is 0 Å². The molecule has 0 aliphatic heterocycles. The predicted octanol–water partition coefficient (Wildman–Crippen LogP) is 4.20. The summed E-state index contributed by atoms with van der Waals surface area (Å²) in [5, 5.41) is 2.82. The first-order valence-corrected chi connectivity index (χ1v) is 7.85. The monoisotopic (exact) mass is 334 g/mol. The van der Waals surface area contributed by atoms with Crippen molar-refractivity contribution in [2.24, 2.45) is 5.92 Å². The van der Waals surface area contributed by atoms with E-state index in [1.54, 1.807) is 12.1 Å². The second-order valence-corrected chi connectivity index (χ2v) is 5.55. The van der Waals surface area contributed by atoms with E-state index >= 15 is 0 Å². The molecule has 1 unspecified atom stereocenters. The number of hydrogen-bond acceptors (Lipinski definition) is 3. The van der Waals surface area contributed by atoms with Crippen LogP contribution in [0.5, 0.6) is 11.6 Å². The van der Waals surface area contributed by atoms with Crippen LogP contribution in [0, 0.1) is 17.6 Å². The molecule has 1 atom stereocenters. The maximum Gasteiger partial charge on any atom is 0.224 e. The van der Waals surface area contributed by atoms with E-state index in [4.69, 9.17) is 4.74 Å². The van der Waals surface area contributed by atoms with Crippen molar-refractivity contribution in [3.63, 3.8) is 0 Å². The number of benzene rings is 1. The van der Waals surface area contributed by atoms with Crippen LogP contribution in [0.25, 0.3) is 0 Å². The van der Waals surface area contributed by atoms with E-state index in [0.717, 1.165) is 25.0 Å². The van der Waals surface area contributed by atoms with Crippen molar-refractivity contribution >= 4 is 5.91 Å². The lowest BCUT2D eigenvalue weighted by molar-refractivity contribution is -0.124. The smallest absolute Gasteiger partial charge is 0.224 e. The quantitative estimate of drug-likeness (QED) is 0.825. The number of ether oxygens (including phenoxy) is 1. The molecule has 1 heterocycles. The number of aromatic nitrogens is 1. The van der Waals surface area contributed by atoms with Crippen LogP contribution >= 0.6 is 0 Å². The Balaban J connectivity index is 2.08. The number of rotatable bonds is 7. The first-order valence-electron chi connectivity index (χ1n) is 7.85. The van der Waals surface area contributed by atoms with Crippen molar-refractivity contribution in [2.75, 3.05) is 0 Å². The molecule has 0 aliphatic carbocycles. The summed E-state index contributed by atoms with van der Waals surface area (Å²) in [5.74, 6) is -1.58. The maximum absolute atomic E-state index is 13.7. The molecule has 24 heavy (non-hydrogen) atoms. The summed E-state index contributed by atoms with van der Waals surface area (Å²) in [6.07, 6.45) is 3.24. The number of carbonyl (C=O) groups excluding carboxylic acids is 1. The molecule has 1 amide bonds. The van der Waals surface area contributed by atoms with Gasteiger partial charge in [0, 0.05) is 30.3 Å². The molecule has 1 aromatic carbocycles. The Morgan fingerprint density at radius 1 is 1.33 bits per heavy atom.